The molecule has 1 heterocycles. The van der Waals surface area contributed by atoms with E-state index in [4.69, 9.17) is 22.1 Å². The van der Waals surface area contributed by atoms with Gasteiger partial charge in [-0.3, -0.25) is 9.98 Å². The lowest BCUT2D eigenvalue weighted by molar-refractivity contribution is 0.147. The molecule has 0 amide bonds. The Labute approximate surface area is 156 Å². The van der Waals surface area contributed by atoms with Crippen molar-refractivity contribution in [3.05, 3.63) is 52.5 Å². The first-order valence-electron chi connectivity index (χ1n) is 8.45. The van der Waals surface area contributed by atoms with Gasteiger partial charge in [0.05, 0.1) is 10.7 Å². The smallest absolute Gasteiger partial charge is 0.130 e. The minimum absolute atomic E-state index is 0.361. The van der Waals surface area contributed by atoms with Crippen LogP contribution in [-0.4, -0.2) is 29.9 Å². The molecule has 4 nitrogen and oxygen atoms in total. The van der Waals surface area contributed by atoms with Crippen molar-refractivity contribution in [2.24, 2.45) is 16.6 Å². The summed E-state index contributed by atoms with van der Waals surface area (Å²) in [6, 6.07) is 1.93. The summed E-state index contributed by atoms with van der Waals surface area (Å²) in [6.07, 6.45) is 4.39. The third-order valence-corrected chi connectivity index (χ3v) is 4.27. The van der Waals surface area contributed by atoms with E-state index in [1.165, 1.54) is 0 Å². The Bertz CT molecular complexity index is 676. The Hall–Kier alpha value is -1.65. The number of hydrogen-bond acceptors (Lipinski definition) is 4. The van der Waals surface area contributed by atoms with Crippen LogP contribution in [0.25, 0.3) is 0 Å². The predicted octanol–water partition coefficient (Wildman–Crippen LogP) is 4.53. The number of aryl methyl sites for hydroxylation is 1. The highest BCUT2D eigenvalue weighted by molar-refractivity contribution is 6.34. The molecule has 1 aromatic rings. The van der Waals surface area contributed by atoms with E-state index in [9.17, 15) is 0 Å². The van der Waals surface area contributed by atoms with Gasteiger partial charge in [0.25, 0.3) is 0 Å². The molecular formula is C20H30ClN3O. The van der Waals surface area contributed by atoms with Gasteiger partial charge in [-0.2, -0.15) is 0 Å². The summed E-state index contributed by atoms with van der Waals surface area (Å²) in [6.45, 7) is 14.5. The molecule has 0 radical (unpaired) electrons. The zero-order valence-corrected chi connectivity index (χ0v) is 16.9. The fourth-order valence-corrected chi connectivity index (χ4v) is 2.85. The average molecular weight is 364 g/mol. The van der Waals surface area contributed by atoms with Crippen molar-refractivity contribution in [2.75, 3.05) is 13.7 Å². The van der Waals surface area contributed by atoms with Gasteiger partial charge in [0.15, 0.2) is 0 Å². The molecule has 0 fully saturated rings. The Morgan fingerprint density at radius 2 is 2.12 bits per heavy atom. The standard InChI is InChI=1S/C20H30ClN3O/c1-13(2)11-20(6,22)12-25-16(5)18(21)10-19(23-7)17-8-9-24-15(4)14(17)3/h8-10,13H,5,11-12,22H2,1-4,6-7H3/b18-10+,23-19+. The Morgan fingerprint density at radius 1 is 1.48 bits per heavy atom. The van der Waals surface area contributed by atoms with Gasteiger partial charge in [0.2, 0.25) is 0 Å². The number of ether oxygens (including phenoxy) is 1. The van der Waals surface area contributed by atoms with Crippen LogP contribution in [-0.2, 0) is 4.74 Å². The van der Waals surface area contributed by atoms with E-state index in [1.54, 1.807) is 19.3 Å². The topological polar surface area (TPSA) is 60.5 Å². The molecule has 1 atom stereocenters. The highest BCUT2D eigenvalue weighted by Gasteiger charge is 2.21. The van der Waals surface area contributed by atoms with Crippen LogP contribution in [0.2, 0.25) is 0 Å². The first kappa shape index (κ1) is 21.4. The van der Waals surface area contributed by atoms with Crippen LogP contribution in [0.1, 0.15) is 44.0 Å². The van der Waals surface area contributed by atoms with E-state index >= 15 is 0 Å². The molecule has 0 aliphatic heterocycles. The molecule has 1 unspecified atom stereocenters. The first-order chi connectivity index (χ1) is 11.6. The summed E-state index contributed by atoms with van der Waals surface area (Å²) in [5.41, 5.74) is 9.62. The van der Waals surface area contributed by atoms with Gasteiger partial charge in [0.1, 0.15) is 12.4 Å². The van der Waals surface area contributed by atoms with E-state index in [0.29, 0.717) is 23.3 Å². The zero-order chi connectivity index (χ0) is 19.2. The molecule has 0 saturated carbocycles. The monoisotopic (exact) mass is 363 g/mol. The molecule has 5 heteroatoms. The van der Waals surface area contributed by atoms with Gasteiger partial charge in [-0.15, -0.1) is 0 Å². The molecule has 0 aliphatic carbocycles. The minimum atomic E-state index is -0.422. The molecule has 0 spiro atoms. The van der Waals surface area contributed by atoms with Crippen LogP contribution in [0.3, 0.4) is 0 Å². The van der Waals surface area contributed by atoms with Gasteiger partial charge < -0.3 is 10.5 Å². The molecular weight excluding hydrogens is 334 g/mol. The zero-order valence-electron chi connectivity index (χ0n) is 16.2. The summed E-state index contributed by atoms with van der Waals surface area (Å²) in [5.74, 6) is 0.890. The lowest BCUT2D eigenvalue weighted by atomic mass is 9.93. The summed E-state index contributed by atoms with van der Waals surface area (Å²) < 4.78 is 5.72. The van der Waals surface area contributed by atoms with Crippen molar-refractivity contribution < 1.29 is 4.74 Å². The Kier molecular flexibility index (Phi) is 7.84. The van der Waals surface area contributed by atoms with Gasteiger partial charge in [-0.05, 0) is 50.8 Å². The number of nitrogens with zero attached hydrogens (tertiary/aromatic N) is 2. The van der Waals surface area contributed by atoms with Crippen LogP contribution in [0.15, 0.2) is 40.7 Å². The van der Waals surface area contributed by atoms with Gasteiger partial charge in [-0.1, -0.05) is 32.0 Å². The summed E-state index contributed by atoms with van der Waals surface area (Å²) in [5, 5.41) is 0.412. The third-order valence-electron chi connectivity index (χ3n) is 3.95. The maximum Gasteiger partial charge on any atom is 0.130 e. The Balaban J connectivity index is 2.88. The summed E-state index contributed by atoms with van der Waals surface area (Å²) >= 11 is 6.38. The van der Waals surface area contributed by atoms with Crippen LogP contribution in [0, 0.1) is 19.8 Å². The molecule has 0 bridgehead atoms. The average Bonchev–Trinajstić information content (AvgIpc) is 2.52. The molecule has 0 aliphatic rings. The molecule has 0 aromatic carbocycles. The number of aromatic nitrogens is 1. The second-order valence-corrected chi connectivity index (χ2v) is 7.54. The largest absolute Gasteiger partial charge is 0.491 e. The SMILES string of the molecule is C=C(OCC(C)(N)CC(C)C)/C(Cl)=C\C(=N/C)c1ccnc(C)c1C. The molecule has 2 N–H and O–H groups in total. The summed E-state index contributed by atoms with van der Waals surface area (Å²) in [4.78, 5) is 8.62. The van der Waals surface area contributed by atoms with Crippen molar-refractivity contribution in [3.8, 4) is 0 Å². The highest BCUT2D eigenvalue weighted by atomic mass is 35.5. The maximum atomic E-state index is 6.38. The highest BCUT2D eigenvalue weighted by Crippen LogP contribution is 2.21. The minimum Gasteiger partial charge on any atom is -0.491 e. The van der Waals surface area contributed by atoms with Gasteiger partial charge in [0, 0.05) is 30.0 Å². The van der Waals surface area contributed by atoms with Gasteiger partial charge >= 0.3 is 0 Å². The lowest BCUT2D eigenvalue weighted by Crippen LogP contribution is -2.42. The number of allylic oxidation sites excluding steroid dienone is 2. The first-order valence-corrected chi connectivity index (χ1v) is 8.82. The van der Waals surface area contributed by atoms with Crippen LogP contribution in [0.4, 0.5) is 0 Å². The number of nitrogens with two attached hydrogens (primary N) is 1. The van der Waals surface area contributed by atoms with E-state index in [1.807, 2.05) is 26.8 Å². The van der Waals surface area contributed by atoms with Gasteiger partial charge in [-0.25, -0.2) is 0 Å². The van der Waals surface area contributed by atoms with E-state index in [0.717, 1.165) is 29.0 Å². The molecule has 0 saturated heterocycles. The molecule has 1 aromatic heterocycles. The van der Waals surface area contributed by atoms with Crippen molar-refractivity contribution >= 4 is 17.3 Å². The molecule has 138 valence electrons. The second kappa shape index (κ2) is 9.16. The van der Waals surface area contributed by atoms with Crippen molar-refractivity contribution in [1.82, 2.24) is 4.98 Å². The summed E-state index contributed by atoms with van der Waals surface area (Å²) in [7, 11) is 1.73. The van der Waals surface area contributed by atoms with E-state index < -0.39 is 5.54 Å². The normalized spacial score (nSPS) is 15.2. The Morgan fingerprint density at radius 3 is 2.68 bits per heavy atom. The predicted molar refractivity (Wildman–Crippen MR) is 107 cm³/mol. The fraction of sp³-hybridized carbons (Fsp3) is 0.500. The lowest BCUT2D eigenvalue weighted by Gasteiger charge is -2.27. The van der Waals surface area contributed by atoms with Crippen LogP contribution < -0.4 is 5.73 Å². The van der Waals surface area contributed by atoms with Crippen molar-refractivity contribution in [3.63, 3.8) is 0 Å². The number of hydrogen-bond donors (Lipinski definition) is 1. The molecule has 1 rings (SSSR count). The van der Waals surface area contributed by atoms with Crippen molar-refractivity contribution in [2.45, 2.75) is 46.6 Å². The van der Waals surface area contributed by atoms with Crippen LogP contribution >= 0.6 is 11.6 Å². The quantitative estimate of drug-likeness (QED) is 0.419. The number of rotatable bonds is 8. The number of halogens is 1. The number of pyridine rings is 1. The second-order valence-electron chi connectivity index (χ2n) is 7.13. The van der Waals surface area contributed by atoms with E-state index in [-0.39, 0.29) is 0 Å². The fourth-order valence-electron chi connectivity index (χ4n) is 2.69. The van der Waals surface area contributed by atoms with E-state index in [2.05, 4.69) is 30.4 Å². The van der Waals surface area contributed by atoms with Crippen molar-refractivity contribution in [1.29, 1.82) is 0 Å². The molecule has 25 heavy (non-hydrogen) atoms. The maximum absolute atomic E-state index is 6.38. The van der Waals surface area contributed by atoms with Crippen LogP contribution in [0.5, 0.6) is 0 Å². The number of aliphatic imine (C=N–C) groups is 1. The third kappa shape index (κ3) is 6.63.